The van der Waals surface area contributed by atoms with E-state index in [-0.39, 0.29) is 6.54 Å². The summed E-state index contributed by atoms with van der Waals surface area (Å²) in [4.78, 5) is 13.0. The number of hydrogen-bond acceptors (Lipinski definition) is 3. The van der Waals surface area contributed by atoms with Crippen molar-refractivity contribution in [3.05, 3.63) is 34.9 Å². The van der Waals surface area contributed by atoms with E-state index in [1.165, 1.54) is 0 Å². The van der Waals surface area contributed by atoms with Crippen LogP contribution in [0.3, 0.4) is 0 Å². The molecule has 2 rings (SSSR count). The third-order valence-electron chi connectivity index (χ3n) is 3.40. The largest absolute Gasteiger partial charge is 0.406 e. The lowest BCUT2D eigenvalue weighted by Gasteiger charge is -2.26. The number of alkyl halides is 3. The van der Waals surface area contributed by atoms with Gasteiger partial charge in [0.05, 0.1) is 6.61 Å². The highest BCUT2D eigenvalue weighted by molar-refractivity contribution is 5.96. The Labute approximate surface area is 120 Å². The van der Waals surface area contributed by atoms with Crippen molar-refractivity contribution >= 4 is 5.91 Å². The minimum atomic E-state index is -4.48. The number of carbonyl (C=O) groups excluding carboxylic acids is 1. The second-order valence-electron chi connectivity index (χ2n) is 4.94. The van der Waals surface area contributed by atoms with Crippen molar-refractivity contribution in [2.24, 2.45) is 0 Å². The first kappa shape index (κ1) is 15.8. The molecule has 1 heterocycles. The number of rotatable bonds is 4. The van der Waals surface area contributed by atoms with Crippen LogP contribution in [-0.2, 0) is 13.0 Å². The van der Waals surface area contributed by atoms with Gasteiger partial charge in [0.2, 0.25) is 0 Å². The van der Waals surface area contributed by atoms with Crippen molar-refractivity contribution < 1.29 is 23.1 Å². The first-order valence-electron chi connectivity index (χ1n) is 6.71. The molecule has 2 N–H and O–H groups in total. The predicted molar refractivity (Wildman–Crippen MR) is 70.9 cm³/mol. The molecule has 7 heteroatoms. The zero-order chi connectivity index (χ0) is 15.5. The molecule has 0 fully saturated rings. The van der Waals surface area contributed by atoms with Gasteiger partial charge in [-0.3, -0.25) is 4.79 Å². The van der Waals surface area contributed by atoms with Crippen LogP contribution in [0.5, 0.6) is 0 Å². The van der Waals surface area contributed by atoms with Gasteiger partial charge in [0.15, 0.2) is 0 Å². The summed E-state index contributed by atoms with van der Waals surface area (Å²) in [6, 6.07) is 5.08. The molecule has 4 nitrogen and oxygen atoms in total. The first-order chi connectivity index (χ1) is 9.92. The Morgan fingerprint density at radius 3 is 2.81 bits per heavy atom. The maximum absolute atomic E-state index is 12.6. The lowest BCUT2D eigenvalue weighted by Crippen LogP contribution is -2.41. The second-order valence-corrected chi connectivity index (χ2v) is 4.94. The number of nitrogens with one attached hydrogen (secondary N) is 1. The molecule has 1 aromatic carbocycles. The van der Waals surface area contributed by atoms with Gasteiger partial charge >= 0.3 is 6.18 Å². The fourth-order valence-corrected chi connectivity index (χ4v) is 2.49. The minimum Gasteiger partial charge on any atom is -0.395 e. The SMILES string of the molecule is O=C(c1cccc2c1CCNC2)N(CCO)CC(F)(F)F. The molecule has 0 saturated carbocycles. The van der Waals surface area contributed by atoms with E-state index in [2.05, 4.69) is 5.32 Å². The van der Waals surface area contributed by atoms with Crippen LogP contribution in [0.4, 0.5) is 13.2 Å². The number of benzene rings is 1. The first-order valence-corrected chi connectivity index (χ1v) is 6.71. The van der Waals surface area contributed by atoms with Gasteiger partial charge in [-0.1, -0.05) is 12.1 Å². The van der Waals surface area contributed by atoms with Gasteiger partial charge in [-0.25, -0.2) is 0 Å². The quantitative estimate of drug-likeness (QED) is 0.882. The van der Waals surface area contributed by atoms with Crippen molar-refractivity contribution in [1.29, 1.82) is 0 Å². The normalized spacial score (nSPS) is 14.7. The van der Waals surface area contributed by atoms with Crippen molar-refractivity contribution in [1.82, 2.24) is 10.2 Å². The Kier molecular flexibility index (Phi) is 4.84. The summed E-state index contributed by atoms with van der Waals surface area (Å²) in [6.07, 6.45) is -3.88. The van der Waals surface area contributed by atoms with E-state index in [9.17, 15) is 18.0 Å². The number of nitrogens with zero attached hydrogens (tertiary/aromatic N) is 1. The fraction of sp³-hybridized carbons (Fsp3) is 0.500. The Morgan fingerprint density at radius 2 is 2.14 bits per heavy atom. The topological polar surface area (TPSA) is 52.6 Å². The highest BCUT2D eigenvalue weighted by Gasteiger charge is 2.34. The molecule has 0 unspecified atom stereocenters. The lowest BCUT2D eigenvalue weighted by molar-refractivity contribution is -0.141. The summed E-state index contributed by atoms with van der Waals surface area (Å²) < 4.78 is 37.7. The Morgan fingerprint density at radius 1 is 1.38 bits per heavy atom. The molecule has 0 aliphatic carbocycles. The number of fused-ring (bicyclic) bond motifs is 1. The Bertz CT molecular complexity index is 517. The van der Waals surface area contributed by atoms with Crippen LogP contribution in [0.2, 0.25) is 0 Å². The highest BCUT2D eigenvalue weighted by Crippen LogP contribution is 2.22. The van der Waals surface area contributed by atoms with Crippen LogP contribution in [0, 0.1) is 0 Å². The number of amides is 1. The van der Waals surface area contributed by atoms with Crippen molar-refractivity contribution in [3.63, 3.8) is 0 Å². The van der Waals surface area contributed by atoms with Crippen molar-refractivity contribution in [2.75, 3.05) is 26.2 Å². The molecule has 116 valence electrons. The van der Waals surface area contributed by atoms with Crippen LogP contribution >= 0.6 is 0 Å². The molecule has 1 aliphatic heterocycles. The van der Waals surface area contributed by atoms with Crippen molar-refractivity contribution in [2.45, 2.75) is 19.1 Å². The molecule has 0 aromatic heterocycles. The van der Waals surface area contributed by atoms with Gasteiger partial charge in [-0.2, -0.15) is 13.2 Å². The average Bonchev–Trinajstić information content (AvgIpc) is 2.44. The average molecular weight is 302 g/mol. The van der Waals surface area contributed by atoms with Crippen LogP contribution in [-0.4, -0.2) is 48.3 Å². The van der Waals surface area contributed by atoms with Gasteiger partial charge in [-0.05, 0) is 30.2 Å². The number of carbonyl (C=O) groups is 1. The molecule has 0 bridgehead atoms. The molecule has 1 aliphatic rings. The van der Waals surface area contributed by atoms with Gasteiger partial charge in [0, 0.05) is 18.7 Å². The van der Waals surface area contributed by atoms with Crippen LogP contribution in [0.25, 0.3) is 0 Å². The van der Waals surface area contributed by atoms with E-state index in [4.69, 9.17) is 5.11 Å². The zero-order valence-electron chi connectivity index (χ0n) is 11.4. The van der Waals surface area contributed by atoms with Gasteiger partial charge in [0.25, 0.3) is 5.91 Å². The standard InChI is InChI=1S/C14H17F3N2O2/c15-14(16,17)9-19(6-7-20)13(21)12-3-1-2-10-8-18-5-4-11(10)12/h1-3,18,20H,4-9H2. The smallest absolute Gasteiger partial charge is 0.395 e. The molecular formula is C14H17F3N2O2. The summed E-state index contributed by atoms with van der Waals surface area (Å²) in [5, 5.41) is 12.1. The molecule has 0 atom stereocenters. The van der Waals surface area contributed by atoms with Crippen molar-refractivity contribution in [3.8, 4) is 0 Å². The van der Waals surface area contributed by atoms with E-state index < -0.39 is 25.2 Å². The maximum Gasteiger partial charge on any atom is 0.406 e. The summed E-state index contributed by atoms with van der Waals surface area (Å²) in [5.74, 6) is -0.680. The van der Waals surface area contributed by atoms with Crippen LogP contribution < -0.4 is 5.32 Å². The Hall–Kier alpha value is -1.60. The lowest BCUT2D eigenvalue weighted by atomic mass is 9.94. The molecule has 1 amide bonds. The molecule has 1 aromatic rings. The summed E-state index contributed by atoms with van der Waals surface area (Å²) in [7, 11) is 0. The Balaban J connectivity index is 2.28. The summed E-state index contributed by atoms with van der Waals surface area (Å²) in [5.41, 5.74) is 2.03. The number of aliphatic hydroxyl groups is 1. The molecule has 0 spiro atoms. The predicted octanol–water partition coefficient (Wildman–Crippen LogP) is 1.33. The van der Waals surface area contributed by atoms with E-state index >= 15 is 0 Å². The van der Waals surface area contributed by atoms with E-state index in [1.54, 1.807) is 12.1 Å². The number of hydrogen-bond donors (Lipinski definition) is 2. The summed E-state index contributed by atoms with van der Waals surface area (Å²) >= 11 is 0. The molecular weight excluding hydrogens is 285 g/mol. The van der Waals surface area contributed by atoms with Gasteiger partial charge in [0.1, 0.15) is 6.54 Å². The number of aliphatic hydroxyl groups excluding tert-OH is 1. The van der Waals surface area contributed by atoms with Crippen LogP contribution in [0.15, 0.2) is 18.2 Å². The third kappa shape index (κ3) is 3.95. The summed E-state index contributed by atoms with van der Waals surface area (Å²) in [6.45, 7) is -0.890. The van der Waals surface area contributed by atoms with Gasteiger partial charge in [-0.15, -0.1) is 0 Å². The maximum atomic E-state index is 12.6. The molecule has 0 saturated heterocycles. The van der Waals surface area contributed by atoms with E-state index in [0.29, 0.717) is 30.0 Å². The van der Waals surface area contributed by atoms with E-state index in [1.807, 2.05) is 6.07 Å². The number of halogens is 3. The monoisotopic (exact) mass is 302 g/mol. The zero-order valence-corrected chi connectivity index (χ0v) is 11.4. The third-order valence-corrected chi connectivity index (χ3v) is 3.40. The fourth-order valence-electron chi connectivity index (χ4n) is 2.49. The minimum absolute atomic E-state index is 0.298. The van der Waals surface area contributed by atoms with E-state index in [0.717, 1.165) is 11.1 Å². The molecule has 21 heavy (non-hydrogen) atoms. The molecule has 0 radical (unpaired) electrons. The second kappa shape index (κ2) is 6.44. The highest BCUT2D eigenvalue weighted by atomic mass is 19.4. The van der Waals surface area contributed by atoms with Crippen LogP contribution in [0.1, 0.15) is 21.5 Å². The van der Waals surface area contributed by atoms with Gasteiger partial charge < -0.3 is 15.3 Å².